The van der Waals surface area contributed by atoms with Crippen molar-refractivity contribution in [1.29, 1.82) is 0 Å². The number of carbonyl (C=O) groups is 1. The van der Waals surface area contributed by atoms with Gasteiger partial charge in [0.2, 0.25) is 5.91 Å². The highest BCUT2D eigenvalue weighted by atomic mass is 32.2. The van der Waals surface area contributed by atoms with Gasteiger partial charge in [0.25, 0.3) is 5.56 Å². The van der Waals surface area contributed by atoms with E-state index in [4.69, 9.17) is 4.74 Å². The summed E-state index contributed by atoms with van der Waals surface area (Å²) in [4.78, 5) is 41.9. The summed E-state index contributed by atoms with van der Waals surface area (Å²) in [6.45, 7) is 1.92. The summed E-state index contributed by atoms with van der Waals surface area (Å²) in [6, 6.07) is 15.7. The second-order valence-electron chi connectivity index (χ2n) is 8.46. The standard InChI is InChI=1S/C25H25N3O5S/c1-2-14-13-28(25(32)27-23(14)30)21-11-17(29)18(33-21)12-26-24(31)22-15-7-3-5-9-19(15)34-20-10-6-4-8-16(20)22/h3-10,13,17-18,21-22,29H,2,11-12H2,1H3,(H,26,31)(H,27,30,32)/t17?,18-,21-/m0/s1. The minimum Gasteiger partial charge on any atom is -0.390 e. The van der Waals surface area contributed by atoms with Crippen molar-refractivity contribution >= 4 is 17.7 Å². The van der Waals surface area contributed by atoms with Crippen LogP contribution in [-0.4, -0.2) is 39.3 Å². The predicted octanol–water partition coefficient (Wildman–Crippen LogP) is 2.16. The minimum absolute atomic E-state index is 0.100. The van der Waals surface area contributed by atoms with Crippen LogP contribution >= 0.6 is 11.8 Å². The molecule has 0 bridgehead atoms. The molecule has 3 heterocycles. The molecule has 9 heteroatoms. The van der Waals surface area contributed by atoms with Crippen LogP contribution in [0.1, 0.15) is 42.2 Å². The predicted molar refractivity (Wildman–Crippen MR) is 127 cm³/mol. The van der Waals surface area contributed by atoms with Gasteiger partial charge in [-0.15, -0.1) is 0 Å². The van der Waals surface area contributed by atoms with E-state index in [-0.39, 0.29) is 18.9 Å². The van der Waals surface area contributed by atoms with Crippen LogP contribution in [0.2, 0.25) is 0 Å². The molecule has 2 aromatic carbocycles. The first kappa shape index (κ1) is 22.6. The molecule has 1 saturated heterocycles. The zero-order chi connectivity index (χ0) is 23.8. The lowest BCUT2D eigenvalue weighted by Gasteiger charge is -2.27. The Labute approximate surface area is 200 Å². The molecule has 0 spiro atoms. The highest BCUT2D eigenvalue weighted by Crippen LogP contribution is 2.45. The SMILES string of the molecule is CCc1cn([C@@H]2CC(O)[C@H](CNC(=O)C3c4ccccc4Sc4ccccc43)O2)c(=O)[nH]c1=O. The lowest BCUT2D eigenvalue weighted by Crippen LogP contribution is -2.40. The maximum absolute atomic E-state index is 13.4. The van der Waals surface area contributed by atoms with Crippen molar-refractivity contribution in [3.05, 3.63) is 92.3 Å². The molecule has 2 aliphatic heterocycles. The van der Waals surface area contributed by atoms with Gasteiger partial charge in [0, 0.05) is 34.5 Å². The van der Waals surface area contributed by atoms with Crippen molar-refractivity contribution in [2.24, 2.45) is 0 Å². The Morgan fingerprint density at radius 3 is 2.44 bits per heavy atom. The highest BCUT2D eigenvalue weighted by molar-refractivity contribution is 7.99. The fourth-order valence-electron chi connectivity index (χ4n) is 4.56. The molecule has 176 valence electrons. The molecule has 2 aliphatic rings. The van der Waals surface area contributed by atoms with Crippen LogP contribution < -0.4 is 16.6 Å². The van der Waals surface area contributed by atoms with Gasteiger partial charge in [-0.1, -0.05) is 55.1 Å². The average Bonchev–Trinajstić information content (AvgIpc) is 3.21. The molecular formula is C25H25N3O5S. The number of H-pyrrole nitrogens is 1. The summed E-state index contributed by atoms with van der Waals surface area (Å²) in [5.74, 6) is -0.633. The summed E-state index contributed by atoms with van der Waals surface area (Å²) in [6.07, 6.45) is -0.141. The molecule has 1 unspecified atom stereocenters. The minimum atomic E-state index is -0.865. The molecule has 8 nitrogen and oxygen atoms in total. The van der Waals surface area contributed by atoms with Crippen LogP contribution in [0.4, 0.5) is 0 Å². The van der Waals surface area contributed by atoms with Crippen molar-refractivity contribution in [3.63, 3.8) is 0 Å². The number of aromatic nitrogens is 2. The number of ether oxygens (including phenoxy) is 1. The number of hydrogen-bond acceptors (Lipinski definition) is 6. The molecule has 1 fully saturated rings. The summed E-state index contributed by atoms with van der Waals surface area (Å²) in [5.41, 5.74) is 1.35. The van der Waals surface area contributed by atoms with Gasteiger partial charge in [-0.05, 0) is 29.7 Å². The molecule has 3 N–H and O–H groups in total. The van der Waals surface area contributed by atoms with E-state index in [2.05, 4.69) is 10.3 Å². The van der Waals surface area contributed by atoms with Crippen LogP contribution in [0.25, 0.3) is 0 Å². The molecule has 0 radical (unpaired) electrons. The number of aromatic amines is 1. The molecule has 0 saturated carbocycles. The Hall–Kier alpha value is -3.14. The highest BCUT2D eigenvalue weighted by Gasteiger charge is 2.37. The number of aliphatic hydroxyl groups is 1. The maximum atomic E-state index is 13.4. The van der Waals surface area contributed by atoms with Crippen molar-refractivity contribution in [3.8, 4) is 0 Å². The summed E-state index contributed by atoms with van der Waals surface area (Å²) < 4.78 is 7.23. The zero-order valence-corrected chi connectivity index (χ0v) is 19.4. The second kappa shape index (κ2) is 9.25. The number of rotatable bonds is 5. The molecule has 3 atom stereocenters. The maximum Gasteiger partial charge on any atom is 0.330 e. The Bertz CT molecular complexity index is 1310. The van der Waals surface area contributed by atoms with Crippen LogP contribution in [0.15, 0.2) is 74.1 Å². The third-order valence-electron chi connectivity index (χ3n) is 6.36. The number of hydrogen-bond donors (Lipinski definition) is 3. The molecule has 1 aromatic heterocycles. The van der Waals surface area contributed by atoms with Gasteiger partial charge in [0.05, 0.1) is 12.0 Å². The fourth-order valence-corrected chi connectivity index (χ4v) is 5.70. The Balaban J connectivity index is 1.33. The van der Waals surface area contributed by atoms with E-state index in [1.54, 1.807) is 11.8 Å². The van der Waals surface area contributed by atoms with Crippen molar-refractivity contribution < 1.29 is 14.6 Å². The molecule has 3 aromatic rings. The quantitative estimate of drug-likeness (QED) is 0.517. The van der Waals surface area contributed by atoms with E-state index in [0.717, 1.165) is 20.9 Å². The smallest absolute Gasteiger partial charge is 0.330 e. The zero-order valence-electron chi connectivity index (χ0n) is 18.6. The van der Waals surface area contributed by atoms with Crippen LogP contribution in [0.5, 0.6) is 0 Å². The third-order valence-corrected chi connectivity index (χ3v) is 7.54. The van der Waals surface area contributed by atoms with E-state index in [0.29, 0.717) is 12.0 Å². The third kappa shape index (κ3) is 4.11. The number of carbonyl (C=O) groups excluding carboxylic acids is 1. The van der Waals surface area contributed by atoms with Crippen LogP contribution in [0.3, 0.4) is 0 Å². The largest absolute Gasteiger partial charge is 0.390 e. The van der Waals surface area contributed by atoms with Crippen molar-refractivity contribution in [2.75, 3.05) is 6.54 Å². The number of nitrogens with zero attached hydrogens (tertiary/aromatic N) is 1. The first-order valence-corrected chi connectivity index (χ1v) is 12.1. The van der Waals surface area contributed by atoms with Gasteiger partial charge in [0.1, 0.15) is 12.3 Å². The van der Waals surface area contributed by atoms with E-state index in [9.17, 15) is 19.5 Å². The number of fused-ring (bicyclic) bond motifs is 2. The van der Waals surface area contributed by atoms with Crippen molar-refractivity contribution in [2.45, 2.75) is 53.9 Å². The Kier molecular flexibility index (Phi) is 6.16. The summed E-state index contributed by atoms with van der Waals surface area (Å²) in [5, 5.41) is 13.5. The van der Waals surface area contributed by atoms with Gasteiger partial charge in [-0.25, -0.2) is 4.79 Å². The molecule has 1 amide bonds. The lowest BCUT2D eigenvalue weighted by molar-refractivity contribution is -0.122. The number of aliphatic hydroxyl groups excluding tert-OH is 1. The van der Waals surface area contributed by atoms with E-state index < -0.39 is 35.6 Å². The van der Waals surface area contributed by atoms with E-state index >= 15 is 0 Å². The van der Waals surface area contributed by atoms with Crippen molar-refractivity contribution in [1.82, 2.24) is 14.9 Å². The Morgan fingerprint density at radius 1 is 1.15 bits per heavy atom. The fraction of sp³-hybridized carbons (Fsp3) is 0.320. The van der Waals surface area contributed by atoms with Gasteiger partial charge in [-0.2, -0.15) is 0 Å². The Morgan fingerprint density at radius 2 is 1.79 bits per heavy atom. The molecule has 0 aliphatic carbocycles. The van der Waals surface area contributed by atoms with Gasteiger partial charge in [0.15, 0.2) is 0 Å². The summed E-state index contributed by atoms with van der Waals surface area (Å²) in [7, 11) is 0. The normalized spacial score (nSPS) is 21.6. The molecule has 34 heavy (non-hydrogen) atoms. The van der Waals surface area contributed by atoms with Gasteiger partial charge < -0.3 is 15.2 Å². The number of amides is 1. The van der Waals surface area contributed by atoms with E-state index in [1.165, 1.54) is 10.8 Å². The monoisotopic (exact) mass is 479 g/mol. The second-order valence-corrected chi connectivity index (χ2v) is 9.55. The first-order valence-electron chi connectivity index (χ1n) is 11.3. The number of nitrogens with one attached hydrogen (secondary N) is 2. The number of aryl methyl sites for hydroxylation is 1. The van der Waals surface area contributed by atoms with Gasteiger partial charge >= 0.3 is 5.69 Å². The van der Waals surface area contributed by atoms with Crippen LogP contribution in [-0.2, 0) is 16.0 Å². The average molecular weight is 480 g/mol. The molecular weight excluding hydrogens is 454 g/mol. The topological polar surface area (TPSA) is 113 Å². The first-order chi connectivity index (χ1) is 16.5. The van der Waals surface area contributed by atoms with Gasteiger partial charge in [-0.3, -0.25) is 19.1 Å². The number of benzene rings is 2. The van der Waals surface area contributed by atoms with Crippen LogP contribution in [0, 0.1) is 0 Å². The summed E-state index contributed by atoms with van der Waals surface area (Å²) >= 11 is 1.65. The lowest BCUT2D eigenvalue weighted by atomic mass is 9.89. The van der Waals surface area contributed by atoms with E-state index in [1.807, 2.05) is 55.5 Å². The molecule has 5 rings (SSSR count).